The summed E-state index contributed by atoms with van der Waals surface area (Å²) in [6.45, 7) is 8.31. The maximum absolute atomic E-state index is 14.4. The van der Waals surface area contributed by atoms with Crippen LogP contribution >= 0.6 is 35.6 Å². The summed E-state index contributed by atoms with van der Waals surface area (Å²) in [6.07, 6.45) is 0.0851. The van der Waals surface area contributed by atoms with Gasteiger partial charge in [-0.2, -0.15) is 0 Å². The van der Waals surface area contributed by atoms with E-state index in [1.807, 2.05) is 20.8 Å². The van der Waals surface area contributed by atoms with Gasteiger partial charge in [-0.05, 0) is 32.9 Å². The van der Waals surface area contributed by atoms with Crippen LogP contribution in [0.3, 0.4) is 0 Å². The van der Waals surface area contributed by atoms with E-state index in [0.29, 0.717) is 42.8 Å². The zero-order valence-electron chi connectivity index (χ0n) is 14.8. The summed E-state index contributed by atoms with van der Waals surface area (Å²) >= 11 is 6.29. The zero-order valence-corrected chi connectivity index (χ0v) is 17.9. The largest absolute Gasteiger partial charge is 0.376 e. The van der Waals surface area contributed by atoms with Gasteiger partial charge in [0.15, 0.2) is 5.96 Å². The maximum Gasteiger partial charge on any atom is 0.188 e. The van der Waals surface area contributed by atoms with Gasteiger partial charge >= 0.3 is 0 Å². The normalized spacial score (nSPS) is 20.2. The summed E-state index contributed by atoms with van der Waals surface area (Å²) < 4.78 is 20.0. The van der Waals surface area contributed by atoms with Gasteiger partial charge in [-0.25, -0.2) is 4.39 Å². The molecule has 0 saturated carbocycles. The number of morpholine rings is 1. The third-order valence-electron chi connectivity index (χ3n) is 3.92. The summed E-state index contributed by atoms with van der Waals surface area (Å²) in [6, 6.07) is 4.65. The molecule has 1 fully saturated rings. The number of nitrogens with zero attached hydrogens (tertiary/aromatic N) is 2. The number of benzene rings is 1. The van der Waals surface area contributed by atoms with E-state index in [2.05, 4.69) is 15.2 Å². The molecule has 142 valence electrons. The van der Waals surface area contributed by atoms with Crippen molar-refractivity contribution in [2.24, 2.45) is 10.7 Å². The van der Waals surface area contributed by atoms with Crippen LogP contribution in [0.5, 0.6) is 0 Å². The third kappa shape index (κ3) is 6.54. The highest BCUT2D eigenvalue weighted by atomic mass is 127. The van der Waals surface area contributed by atoms with E-state index in [4.69, 9.17) is 22.1 Å². The molecular weight excluding hydrogens is 458 g/mol. The minimum Gasteiger partial charge on any atom is -0.376 e. The van der Waals surface area contributed by atoms with Crippen LogP contribution in [0, 0.1) is 5.82 Å². The lowest BCUT2D eigenvalue weighted by Crippen LogP contribution is -2.45. The molecule has 2 rings (SSSR count). The highest BCUT2D eigenvalue weighted by Gasteiger charge is 2.29. The summed E-state index contributed by atoms with van der Waals surface area (Å²) in [5, 5.41) is 3.46. The minimum absolute atomic E-state index is 0. The standard InChI is InChI=1S/C17H26ClFN4O.HI/c1-11(2)22-17(20)21-9-15(23-7-8-24-12(3)10-23)16-13(18)5-4-6-14(16)19;/h4-6,11-12,15H,7-10H2,1-3H3,(H3,20,21,22);1H. The van der Waals surface area contributed by atoms with E-state index in [0.717, 1.165) is 0 Å². The van der Waals surface area contributed by atoms with Gasteiger partial charge in [0.1, 0.15) is 5.82 Å². The van der Waals surface area contributed by atoms with Crippen LogP contribution in [-0.2, 0) is 4.74 Å². The fraction of sp³-hybridized carbons (Fsp3) is 0.588. The molecule has 2 unspecified atom stereocenters. The molecule has 0 radical (unpaired) electrons. The maximum atomic E-state index is 14.4. The highest BCUT2D eigenvalue weighted by Crippen LogP contribution is 2.31. The van der Waals surface area contributed by atoms with Crippen LogP contribution in [0.4, 0.5) is 4.39 Å². The molecule has 1 heterocycles. The Morgan fingerprint density at radius 2 is 2.24 bits per heavy atom. The second kappa shape index (κ2) is 10.5. The van der Waals surface area contributed by atoms with Crippen LogP contribution in [0.1, 0.15) is 32.4 Å². The molecule has 0 amide bonds. The van der Waals surface area contributed by atoms with Gasteiger partial charge in [0, 0.05) is 29.7 Å². The van der Waals surface area contributed by atoms with E-state index in [1.165, 1.54) is 6.07 Å². The smallest absolute Gasteiger partial charge is 0.188 e. The van der Waals surface area contributed by atoms with Crippen molar-refractivity contribution in [2.75, 3.05) is 26.2 Å². The quantitative estimate of drug-likeness (QED) is 0.383. The lowest BCUT2D eigenvalue weighted by molar-refractivity contribution is -0.0336. The number of ether oxygens (including phenoxy) is 1. The SMILES string of the molecule is CC(C)NC(N)=NCC(c1c(F)cccc1Cl)N1CCOC(C)C1.I. The van der Waals surface area contributed by atoms with Crippen molar-refractivity contribution in [1.82, 2.24) is 10.2 Å². The number of aliphatic imine (C=N–C) groups is 1. The molecule has 0 aliphatic carbocycles. The van der Waals surface area contributed by atoms with Crippen LogP contribution < -0.4 is 11.1 Å². The van der Waals surface area contributed by atoms with Crippen molar-refractivity contribution in [3.63, 3.8) is 0 Å². The lowest BCUT2D eigenvalue weighted by Gasteiger charge is -2.37. The van der Waals surface area contributed by atoms with Crippen LogP contribution in [0.15, 0.2) is 23.2 Å². The summed E-state index contributed by atoms with van der Waals surface area (Å²) in [5.74, 6) is 0.0287. The van der Waals surface area contributed by atoms with Crippen molar-refractivity contribution in [3.8, 4) is 0 Å². The Morgan fingerprint density at radius 3 is 2.84 bits per heavy atom. The number of halogens is 3. The monoisotopic (exact) mass is 484 g/mol. The van der Waals surface area contributed by atoms with Crippen molar-refractivity contribution >= 4 is 41.5 Å². The number of nitrogens with two attached hydrogens (primary N) is 1. The van der Waals surface area contributed by atoms with E-state index in [-0.39, 0.29) is 48.0 Å². The van der Waals surface area contributed by atoms with Gasteiger partial charge in [0.2, 0.25) is 0 Å². The first-order valence-electron chi connectivity index (χ1n) is 8.24. The number of nitrogens with one attached hydrogen (secondary N) is 1. The molecule has 1 aliphatic heterocycles. The molecule has 1 aliphatic rings. The van der Waals surface area contributed by atoms with E-state index in [9.17, 15) is 4.39 Å². The first-order chi connectivity index (χ1) is 11.4. The summed E-state index contributed by atoms with van der Waals surface area (Å²) in [5.41, 5.74) is 6.37. The molecule has 1 saturated heterocycles. The van der Waals surface area contributed by atoms with E-state index >= 15 is 0 Å². The molecule has 2 atom stereocenters. The fourth-order valence-corrected chi connectivity index (χ4v) is 3.16. The molecule has 5 nitrogen and oxygen atoms in total. The fourth-order valence-electron chi connectivity index (χ4n) is 2.87. The minimum atomic E-state index is -0.322. The Balaban J connectivity index is 0.00000312. The number of hydrogen-bond acceptors (Lipinski definition) is 3. The van der Waals surface area contributed by atoms with Crippen molar-refractivity contribution in [1.29, 1.82) is 0 Å². The Morgan fingerprint density at radius 1 is 1.52 bits per heavy atom. The zero-order chi connectivity index (χ0) is 17.7. The molecule has 1 aromatic rings. The molecule has 25 heavy (non-hydrogen) atoms. The number of guanidine groups is 1. The average Bonchev–Trinajstić information content (AvgIpc) is 2.49. The van der Waals surface area contributed by atoms with E-state index < -0.39 is 0 Å². The second-order valence-corrected chi connectivity index (χ2v) is 6.76. The molecule has 0 aromatic heterocycles. The molecule has 3 N–H and O–H groups in total. The second-order valence-electron chi connectivity index (χ2n) is 6.35. The van der Waals surface area contributed by atoms with Gasteiger partial charge in [-0.1, -0.05) is 17.7 Å². The molecule has 0 bridgehead atoms. The van der Waals surface area contributed by atoms with E-state index in [1.54, 1.807) is 12.1 Å². The molecule has 1 aromatic carbocycles. The van der Waals surface area contributed by atoms with Gasteiger partial charge in [0.25, 0.3) is 0 Å². The topological polar surface area (TPSA) is 62.9 Å². The summed E-state index contributed by atoms with van der Waals surface area (Å²) in [4.78, 5) is 6.56. The molecule has 8 heteroatoms. The van der Waals surface area contributed by atoms with Crippen LogP contribution in [0.2, 0.25) is 5.02 Å². The Hall–Kier alpha value is -0.640. The molecule has 0 spiro atoms. The predicted molar refractivity (Wildman–Crippen MR) is 111 cm³/mol. The van der Waals surface area contributed by atoms with Gasteiger partial charge in [0.05, 0.1) is 25.3 Å². The average molecular weight is 485 g/mol. The lowest BCUT2D eigenvalue weighted by atomic mass is 10.0. The molecular formula is C17H27ClFIN4O. The Kier molecular flexibility index (Phi) is 9.40. The van der Waals surface area contributed by atoms with Crippen molar-refractivity contribution < 1.29 is 9.13 Å². The summed E-state index contributed by atoms with van der Waals surface area (Å²) in [7, 11) is 0. The van der Waals surface area contributed by atoms with Gasteiger partial charge in [-0.3, -0.25) is 9.89 Å². The van der Waals surface area contributed by atoms with Crippen molar-refractivity contribution in [2.45, 2.75) is 39.0 Å². The third-order valence-corrected chi connectivity index (χ3v) is 4.25. The number of hydrogen-bond donors (Lipinski definition) is 2. The Labute approximate surface area is 171 Å². The van der Waals surface area contributed by atoms with Gasteiger partial charge < -0.3 is 15.8 Å². The Bertz CT molecular complexity index is 568. The van der Waals surface area contributed by atoms with Crippen molar-refractivity contribution in [3.05, 3.63) is 34.6 Å². The first-order valence-corrected chi connectivity index (χ1v) is 8.62. The van der Waals surface area contributed by atoms with Crippen LogP contribution in [0.25, 0.3) is 0 Å². The van der Waals surface area contributed by atoms with Crippen LogP contribution in [-0.4, -0.2) is 49.2 Å². The number of rotatable bonds is 5. The predicted octanol–water partition coefficient (Wildman–Crippen LogP) is 3.17. The highest BCUT2D eigenvalue weighted by molar-refractivity contribution is 14.0. The first kappa shape index (κ1) is 22.4. The van der Waals surface area contributed by atoms with Gasteiger partial charge in [-0.15, -0.1) is 24.0 Å².